The molecule has 5 nitrogen and oxygen atoms in total. The van der Waals surface area contributed by atoms with E-state index in [4.69, 9.17) is 0 Å². The molecule has 3 rings (SSSR count). The number of carbonyl (C=O) groups excluding carboxylic acids is 2. The van der Waals surface area contributed by atoms with Crippen molar-refractivity contribution in [2.75, 3.05) is 0 Å². The van der Waals surface area contributed by atoms with Crippen LogP contribution in [0.1, 0.15) is 43.6 Å². The molecular formula is C15H17N3O2S. The third kappa shape index (κ3) is 3.69. The van der Waals surface area contributed by atoms with Gasteiger partial charge in [-0.1, -0.05) is 32.1 Å². The monoisotopic (exact) mass is 303 g/mol. The van der Waals surface area contributed by atoms with Gasteiger partial charge < -0.3 is 0 Å². The number of amides is 2. The van der Waals surface area contributed by atoms with Gasteiger partial charge in [0.05, 0.1) is 10.6 Å². The molecule has 6 heteroatoms. The molecule has 0 atom stereocenters. The minimum absolute atomic E-state index is 0.331. The van der Waals surface area contributed by atoms with E-state index in [1.807, 2.05) is 0 Å². The van der Waals surface area contributed by atoms with Crippen molar-refractivity contribution in [1.29, 1.82) is 0 Å². The van der Waals surface area contributed by atoms with Gasteiger partial charge in [0.15, 0.2) is 0 Å². The molecule has 0 aromatic carbocycles. The maximum absolute atomic E-state index is 11.5. The number of carbonyl (C=O) groups is 2. The van der Waals surface area contributed by atoms with Crippen LogP contribution in [0, 0.1) is 5.92 Å². The molecule has 0 bridgehead atoms. The fourth-order valence-corrected chi connectivity index (χ4v) is 3.47. The van der Waals surface area contributed by atoms with Crippen molar-refractivity contribution in [1.82, 2.24) is 15.3 Å². The Labute approximate surface area is 127 Å². The molecule has 1 aromatic heterocycles. The van der Waals surface area contributed by atoms with Crippen LogP contribution >= 0.6 is 11.8 Å². The normalized spacial score (nSPS) is 21.8. The summed E-state index contributed by atoms with van der Waals surface area (Å²) in [6, 6.07) is 1.76. The predicted octanol–water partition coefficient (Wildman–Crippen LogP) is 2.92. The number of thioether (sulfide) groups is 1. The van der Waals surface area contributed by atoms with Crippen LogP contribution in [0.4, 0.5) is 4.79 Å². The van der Waals surface area contributed by atoms with Gasteiger partial charge in [-0.25, -0.2) is 9.97 Å². The lowest BCUT2D eigenvalue weighted by Crippen LogP contribution is -2.17. The molecule has 110 valence electrons. The second-order valence-corrected chi connectivity index (χ2v) is 6.47. The van der Waals surface area contributed by atoms with E-state index in [9.17, 15) is 9.59 Å². The van der Waals surface area contributed by atoms with E-state index in [2.05, 4.69) is 15.3 Å². The SMILES string of the molecule is O=C1NC(=O)/C(=C/c2ccnc(CC3CCCCC3)n2)S1. The maximum Gasteiger partial charge on any atom is 0.290 e. The summed E-state index contributed by atoms with van der Waals surface area (Å²) in [5.74, 6) is 1.15. The van der Waals surface area contributed by atoms with Crippen LogP contribution < -0.4 is 5.32 Å². The molecule has 1 saturated heterocycles. The largest absolute Gasteiger partial charge is 0.290 e. The van der Waals surface area contributed by atoms with E-state index in [0.29, 0.717) is 16.5 Å². The minimum atomic E-state index is -0.350. The zero-order valence-electron chi connectivity index (χ0n) is 11.7. The van der Waals surface area contributed by atoms with Crippen molar-refractivity contribution in [2.45, 2.75) is 38.5 Å². The summed E-state index contributed by atoms with van der Waals surface area (Å²) < 4.78 is 0. The fourth-order valence-electron chi connectivity index (χ4n) is 2.80. The Morgan fingerprint density at radius 1 is 1.29 bits per heavy atom. The molecule has 1 aliphatic heterocycles. The zero-order chi connectivity index (χ0) is 14.7. The third-order valence-electron chi connectivity index (χ3n) is 3.84. The first kappa shape index (κ1) is 14.3. The number of hydrogen-bond donors (Lipinski definition) is 1. The molecule has 1 N–H and O–H groups in total. The quantitative estimate of drug-likeness (QED) is 0.869. The summed E-state index contributed by atoms with van der Waals surface area (Å²) in [6.45, 7) is 0. The van der Waals surface area contributed by atoms with E-state index in [0.717, 1.165) is 24.0 Å². The summed E-state index contributed by atoms with van der Waals surface area (Å²) in [7, 11) is 0. The fraction of sp³-hybridized carbons (Fsp3) is 0.467. The van der Waals surface area contributed by atoms with Crippen molar-refractivity contribution >= 4 is 29.0 Å². The number of aromatic nitrogens is 2. The van der Waals surface area contributed by atoms with Crippen LogP contribution in [0.5, 0.6) is 0 Å². The summed E-state index contributed by atoms with van der Waals surface area (Å²) in [5, 5.41) is 1.91. The molecule has 0 spiro atoms. The third-order valence-corrected chi connectivity index (χ3v) is 4.65. The Kier molecular flexibility index (Phi) is 4.34. The first-order valence-corrected chi connectivity index (χ1v) is 8.09. The summed E-state index contributed by atoms with van der Waals surface area (Å²) in [5.41, 5.74) is 0.683. The highest BCUT2D eigenvalue weighted by atomic mass is 32.2. The lowest BCUT2D eigenvalue weighted by atomic mass is 9.87. The Morgan fingerprint density at radius 2 is 2.10 bits per heavy atom. The molecular weight excluding hydrogens is 286 g/mol. The van der Waals surface area contributed by atoms with E-state index in [1.165, 1.54) is 32.1 Å². The molecule has 2 heterocycles. The molecule has 2 amide bonds. The van der Waals surface area contributed by atoms with E-state index in [1.54, 1.807) is 18.3 Å². The highest BCUT2D eigenvalue weighted by Gasteiger charge is 2.25. The molecule has 1 aromatic rings. The highest BCUT2D eigenvalue weighted by Crippen LogP contribution is 2.27. The van der Waals surface area contributed by atoms with Crippen LogP contribution in [0.15, 0.2) is 17.2 Å². The highest BCUT2D eigenvalue weighted by molar-refractivity contribution is 8.18. The molecule has 2 fully saturated rings. The van der Waals surface area contributed by atoms with E-state index >= 15 is 0 Å². The van der Waals surface area contributed by atoms with Gasteiger partial charge in [-0.2, -0.15) is 0 Å². The van der Waals surface area contributed by atoms with Gasteiger partial charge in [-0.3, -0.25) is 14.9 Å². The van der Waals surface area contributed by atoms with Crippen LogP contribution in [0.25, 0.3) is 6.08 Å². The number of hydrogen-bond acceptors (Lipinski definition) is 5. The van der Waals surface area contributed by atoms with Crippen molar-refractivity contribution in [3.8, 4) is 0 Å². The van der Waals surface area contributed by atoms with Gasteiger partial charge in [0, 0.05) is 12.6 Å². The van der Waals surface area contributed by atoms with Gasteiger partial charge in [-0.05, 0) is 29.8 Å². The topological polar surface area (TPSA) is 72.0 Å². The molecule has 21 heavy (non-hydrogen) atoms. The molecule has 0 radical (unpaired) electrons. The Morgan fingerprint density at radius 3 is 2.81 bits per heavy atom. The first-order chi connectivity index (χ1) is 10.2. The van der Waals surface area contributed by atoms with Gasteiger partial charge in [0.25, 0.3) is 11.1 Å². The Bertz CT molecular complexity index is 594. The van der Waals surface area contributed by atoms with Gasteiger partial charge in [0.2, 0.25) is 0 Å². The van der Waals surface area contributed by atoms with Crippen LogP contribution in [0.3, 0.4) is 0 Å². The number of nitrogens with zero attached hydrogens (tertiary/aromatic N) is 2. The van der Waals surface area contributed by atoms with Crippen LogP contribution in [-0.2, 0) is 11.2 Å². The Balaban J connectivity index is 1.72. The second-order valence-electron chi connectivity index (χ2n) is 5.46. The second kappa shape index (κ2) is 6.39. The summed E-state index contributed by atoms with van der Waals surface area (Å²) in [4.78, 5) is 31.9. The first-order valence-electron chi connectivity index (χ1n) is 7.27. The number of rotatable bonds is 3. The van der Waals surface area contributed by atoms with E-state index in [-0.39, 0.29) is 11.1 Å². The summed E-state index contributed by atoms with van der Waals surface area (Å²) >= 11 is 0.911. The molecule has 1 saturated carbocycles. The van der Waals surface area contributed by atoms with Gasteiger partial charge in [0.1, 0.15) is 5.82 Å². The van der Waals surface area contributed by atoms with Crippen molar-refractivity contribution in [2.24, 2.45) is 5.92 Å². The molecule has 0 unspecified atom stereocenters. The average Bonchev–Trinajstić information content (AvgIpc) is 2.78. The standard InChI is InChI=1S/C15H17N3O2S/c19-14-12(21-15(20)18-14)9-11-6-7-16-13(17-11)8-10-4-2-1-3-5-10/h6-7,9-10H,1-5,8H2,(H,18,19,20)/b12-9-. The summed E-state index contributed by atoms with van der Waals surface area (Å²) in [6.07, 6.45) is 10.7. The van der Waals surface area contributed by atoms with Crippen molar-refractivity contribution in [3.63, 3.8) is 0 Å². The predicted molar refractivity (Wildman–Crippen MR) is 81.4 cm³/mol. The molecule has 2 aliphatic rings. The number of nitrogens with one attached hydrogen (secondary N) is 1. The van der Waals surface area contributed by atoms with E-state index < -0.39 is 0 Å². The lowest BCUT2D eigenvalue weighted by Gasteiger charge is -2.20. The van der Waals surface area contributed by atoms with Crippen molar-refractivity contribution < 1.29 is 9.59 Å². The smallest absolute Gasteiger partial charge is 0.282 e. The lowest BCUT2D eigenvalue weighted by molar-refractivity contribution is -0.115. The number of imide groups is 1. The minimum Gasteiger partial charge on any atom is -0.282 e. The van der Waals surface area contributed by atoms with Crippen LogP contribution in [-0.4, -0.2) is 21.1 Å². The van der Waals surface area contributed by atoms with Gasteiger partial charge >= 0.3 is 0 Å². The Hall–Kier alpha value is -1.69. The van der Waals surface area contributed by atoms with Crippen molar-refractivity contribution in [3.05, 3.63) is 28.7 Å². The van der Waals surface area contributed by atoms with Crippen LogP contribution in [0.2, 0.25) is 0 Å². The molecule has 1 aliphatic carbocycles. The maximum atomic E-state index is 11.5. The average molecular weight is 303 g/mol. The van der Waals surface area contributed by atoms with Gasteiger partial charge in [-0.15, -0.1) is 0 Å². The zero-order valence-corrected chi connectivity index (χ0v) is 12.5.